The lowest BCUT2D eigenvalue weighted by Gasteiger charge is -2.25. The highest BCUT2D eigenvalue weighted by atomic mass is 16.3. The molecule has 0 aliphatic carbocycles. The molecule has 0 saturated carbocycles. The van der Waals surface area contributed by atoms with Crippen LogP contribution in [0.15, 0.2) is 24.3 Å². The van der Waals surface area contributed by atoms with Crippen LogP contribution in [0.25, 0.3) is 0 Å². The van der Waals surface area contributed by atoms with Crippen molar-refractivity contribution in [1.82, 2.24) is 4.90 Å². The summed E-state index contributed by atoms with van der Waals surface area (Å²) in [5.74, 6) is 0.281. The maximum Gasteiger partial charge on any atom is 0.115 e. The number of phenols is 1. The van der Waals surface area contributed by atoms with Crippen molar-refractivity contribution in [2.45, 2.75) is 26.0 Å². The van der Waals surface area contributed by atoms with Crippen LogP contribution in [0, 0.1) is 0 Å². The van der Waals surface area contributed by atoms with E-state index < -0.39 is 5.60 Å². The minimum atomic E-state index is -0.675. The van der Waals surface area contributed by atoms with Crippen molar-refractivity contribution in [2.24, 2.45) is 0 Å². The summed E-state index contributed by atoms with van der Waals surface area (Å²) < 4.78 is 0. The quantitative estimate of drug-likeness (QED) is 0.791. The van der Waals surface area contributed by atoms with Gasteiger partial charge >= 0.3 is 0 Å². The summed E-state index contributed by atoms with van der Waals surface area (Å²) in [6.45, 7) is 4.97. The molecule has 1 rings (SSSR count). The molecule has 0 fully saturated rings. The maximum absolute atomic E-state index is 9.63. The molecule has 0 aromatic heterocycles. The maximum atomic E-state index is 9.63. The summed E-state index contributed by atoms with van der Waals surface area (Å²) in [6.07, 6.45) is 0. The van der Waals surface area contributed by atoms with Crippen LogP contribution in [-0.4, -0.2) is 34.3 Å². The number of aliphatic hydroxyl groups is 1. The summed E-state index contributed by atoms with van der Waals surface area (Å²) in [6, 6.07) is 7.12. The number of aromatic hydroxyl groups is 1. The normalized spacial score (nSPS) is 12.1. The third-order valence-electron chi connectivity index (χ3n) is 2.05. The van der Waals surface area contributed by atoms with E-state index in [4.69, 9.17) is 5.11 Å². The van der Waals surface area contributed by atoms with Crippen LogP contribution >= 0.6 is 0 Å². The van der Waals surface area contributed by atoms with Gasteiger partial charge in [-0.15, -0.1) is 0 Å². The summed E-state index contributed by atoms with van der Waals surface area (Å²) in [5, 5.41) is 18.8. The molecular formula is C12H19NO2. The van der Waals surface area contributed by atoms with Crippen molar-refractivity contribution >= 4 is 0 Å². The predicted molar refractivity (Wildman–Crippen MR) is 60.7 cm³/mol. The Labute approximate surface area is 91.0 Å². The molecule has 0 saturated heterocycles. The van der Waals surface area contributed by atoms with Crippen molar-refractivity contribution in [3.05, 3.63) is 29.8 Å². The molecule has 84 valence electrons. The van der Waals surface area contributed by atoms with E-state index in [1.165, 1.54) is 0 Å². The predicted octanol–water partition coefficient (Wildman–Crippen LogP) is 1.59. The molecule has 0 unspecified atom stereocenters. The average Bonchev–Trinajstić information content (AvgIpc) is 2.05. The summed E-state index contributed by atoms with van der Waals surface area (Å²) in [5.41, 5.74) is 0.450. The van der Waals surface area contributed by atoms with Gasteiger partial charge in [0.2, 0.25) is 0 Å². The van der Waals surface area contributed by atoms with Crippen LogP contribution in [0.2, 0.25) is 0 Å². The number of phenolic OH excluding ortho intramolecular Hbond substituents is 1. The molecule has 0 heterocycles. The minimum absolute atomic E-state index is 0.281. The van der Waals surface area contributed by atoms with Gasteiger partial charge in [-0.3, -0.25) is 4.90 Å². The van der Waals surface area contributed by atoms with Gasteiger partial charge in [-0.05, 0) is 38.6 Å². The average molecular weight is 209 g/mol. The molecule has 0 spiro atoms. The van der Waals surface area contributed by atoms with Crippen molar-refractivity contribution < 1.29 is 10.2 Å². The first-order valence-corrected chi connectivity index (χ1v) is 5.06. The zero-order valence-corrected chi connectivity index (χ0v) is 9.57. The van der Waals surface area contributed by atoms with Gasteiger partial charge in [-0.25, -0.2) is 0 Å². The third kappa shape index (κ3) is 4.81. The van der Waals surface area contributed by atoms with Gasteiger partial charge in [0.25, 0.3) is 0 Å². The first kappa shape index (κ1) is 12.0. The van der Waals surface area contributed by atoms with E-state index in [9.17, 15) is 5.11 Å². The number of hydrogen-bond donors (Lipinski definition) is 2. The standard InChI is InChI=1S/C12H19NO2/c1-12(2,15)9-13(3)8-10-4-6-11(14)7-5-10/h4-7,14-15H,8-9H2,1-3H3. The topological polar surface area (TPSA) is 43.7 Å². The second-order valence-electron chi connectivity index (χ2n) is 4.65. The van der Waals surface area contributed by atoms with Gasteiger partial charge in [-0.2, -0.15) is 0 Å². The van der Waals surface area contributed by atoms with Crippen LogP contribution in [0.1, 0.15) is 19.4 Å². The van der Waals surface area contributed by atoms with Crippen LogP contribution in [0.3, 0.4) is 0 Å². The Balaban J connectivity index is 2.51. The van der Waals surface area contributed by atoms with E-state index in [2.05, 4.69) is 0 Å². The zero-order valence-electron chi connectivity index (χ0n) is 9.57. The first-order chi connectivity index (χ1) is 6.87. The molecule has 1 aromatic carbocycles. The van der Waals surface area contributed by atoms with E-state index in [0.717, 1.165) is 12.1 Å². The SMILES string of the molecule is CN(Cc1ccc(O)cc1)CC(C)(C)O. The van der Waals surface area contributed by atoms with Gasteiger partial charge in [0, 0.05) is 13.1 Å². The molecule has 0 atom stereocenters. The van der Waals surface area contributed by atoms with Gasteiger partial charge in [0.15, 0.2) is 0 Å². The van der Waals surface area contributed by atoms with E-state index >= 15 is 0 Å². The second kappa shape index (κ2) is 4.64. The smallest absolute Gasteiger partial charge is 0.115 e. The first-order valence-electron chi connectivity index (χ1n) is 5.06. The molecule has 0 bridgehead atoms. The molecule has 2 N–H and O–H groups in total. The lowest BCUT2D eigenvalue weighted by atomic mass is 10.1. The van der Waals surface area contributed by atoms with Crippen molar-refractivity contribution in [3.8, 4) is 5.75 Å². The molecule has 0 aliphatic rings. The lowest BCUT2D eigenvalue weighted by Crippen LogP contribution is -2.35. The van der Waals surface area contributed by atoms with E-state index in [1.54, 1.807) is 26.0 Å². The highest BCUT2D eigenvalue weighted by molar-refractivity contribution is 5.25. The Morgan fingerprint density at radius 2 is 1.73 bits per heavy atom. The highest BCUT2D eigenvalue weighted by Gasteiger charge is 2.15. The fraction of sp³-hybridized carbons (Fsp3) is 0.500. The van der Waals surface area contributed by atoms with Gasteiger partial charge in [0.1, 0.15) is 5.75 Å². The highest BCUT2D eigenvalue weighted by Crippen LogP contribution is 2.12. The van der Waals surface area contributed by atoms with Crippen molar-refractivity contribution in [1.29, 1.82) is 0 Å². The Kier molecular flexibility index (Phi) is 3.72. The third-order valence-corrected chi connectivity index (χ3v) is 2.05. The van der Waals surface area contributed by atoms with Crippen molar-refractivity contribution in [3.63, 3.8) is 0 Å². The van der Waals surface area contributed by atoms with E-state index in [0.29, 0.717) is 6.54 Å². The van der Waals surface area contributed by atoms with Crippen LogP contribution in [0.5, 0.6) is 5.75 Å². The summed E-state index contributed by atoms with van der Waals surface area (Å²) in [4.78, 5) is 2.05. The molecule has 3 heteroatoms. The zero-order chi connectivity index (χ0) is 11.5. The molecule has 3 nitrogen and oxygen atoms in total. The van der Waals surface area contributed by atoms with Crippen LogP contribution in [0.4, 0.5) is 0 Å². The molecule has 0 amide bonds. The Morgan fingerprint density at radius 1 is 1.20 bits per heavy atom. The van der Waals surface area contributed by atoms with E-state index in [1.807, 2.05) is 24.1 Å². The van der Waals surface area contributed by atoms with Gasteiger partial charge in [0.05, 0.1) is 5.60 Å². The molecule has 1 aromatic rings. The minimum Gasteiger partial charge on any atom is -0.508 e. The Hall–Kier alpha value is -1.06. The molecule has 15 heavy (non-hydrogen) atoms. The van der Waals surface area contributed by atoms with E-state index in [-0.39, 0.29) is 5.75 Å². The summed E-state index contributed by atoms with van der Waals surface area (Å²) in [7, 11) is 1.96. The number of nitrogens with zero attached hydrogens (tertiary/aromatic N) is 1. The number of benzene rings is 1. The monoisotopic (exact) mass is 209 g/mol. The Bertz CT molecular complexity index is 300. The largest absolute Gasteiger partial charge is 0.508 e. The van der Waals surface area contributed by atoms with Gasteiger partial charge in [-0.1, -0.05) is 12.1 Å². The fourth-order valence-electron chi connectivity index (χ4n) is 1.63. The molecule has 0 radical (unpaired) electrons. The van der Waals surface area contributed by atoms with Gasteiger partial charge < -0.3 is 10.2 Å². The lowest BCUT2D eigenvalue weighted by molar-refractivity contribution is 0.0425. The second-order valence-corrected chi connectivity index (χ2v) is 4.65. The fourth-order valence-corrected chi connectivity index (χ4v) is 1.63. The van der Waals surface area contributed by atoms with Crippen LogP contribution < -0.4 is 0 Å². The summed E-state index contributed by atoms with van der Waals surface area (Å²) >= 11 is 0. The Morgan fingerprint density at radius 3 is 2.20 bits per heavy atom. The number of hydrogen-bond acceptors (Lipinski definition) is 3. The number of likely N-dealkylation sites (N-methyl/N-ethyl adjacent to an activating group) is 1. The van der Waals surface area contributed by atoms with Crippen molar-refractivity contribution in [2.75, 3.05) is 13.6 Å². The van der Waals surface area contributed by atoms with Crippen LogP contribution in [-0.2, 0) is 6.54 Å². The molecular weight excluding hydrogens is 190 g/mol. The molecule has 0 aliphatic heterocycles. The number of rotatable bonds is 4.